The molecule has 1 aliphatic rings. The summed E-state index contributed by atoms with van der Waals surface area (Å²) in [6.45, 7) is 6.16. The Balaban J connectivity index is 2.18. The standard InChI is InChI=1S/C13H22N2OS/c1-4-14-10-6-5-7-11-12(10)17-13(15-11)9(2)8-16-3/h9-10,14H,4-8H2,1-3H3. The van der Waals surface area contributed by atoms with Crippen LogP contribution in [0.3, 0.4) is 0 Å². The minimum Gasteiger partial charge on any atom is -0.384 e. The van der Waals surface area contributed by atoms with Crippen LogP contribution in [0.5, 0.6) is 0 Å². The van der Waals surface area contributed by atoms with Crippen molar-refractivity contribution in [3.8, 4) is 0 Å². The van der Waals surface area contributed by atoms with Crippen LogP contribution in [0, 0.1) is 0 Å². The smallest absolute Gasteiger partial charge is 0.0982 e. The zero-order valence-corrected chi connectivity index (χ0v) is 11.8. The van der Waals surface area contributed by atoms with Crippen LogP contribution in [0.1, 0.15) is 54.2 Å². The van der Waals surface area contributed by atoms with Gasteiger partial charge in [-0.25, -0.2) is 4.98 Å². The van der Waals surface area contributed by atoms with Gasteiger partial charge in [0.25, 0.3) is 0 Å². The summed E-state index contributed by atoms with van der Waals surface area (Å²) in [6, 6.07) is 0.532. The third-order valence-electron chi connectivity index (χ3n) is 3.26. The molecular weight excluding hydrogens is 232 g/mol. The van der Waals surface area contributed by atoms with Crippen molar-refractivity contribution >= 4 is 11.3 Å². The lowest BCUT2D eigenvalue weighted by Crippen LogP contribution is -2.23. The number of hydrogen-bond donors (Lipinski definition) is 1. The van der Waals surface area contributed by atoms with Crippen LogP contribution in [0.15, 0.2) is 0 Å². The molecule has 0 radical (unpaired) electrons. The van der Waals surface area contributed by atoms with E-state index in [0.717, 1.165) is 19.6 Å². The van der Waals surface area contributed by atoms with Crippen LogP contribution in [0.4, 0.5) is 0 Å². The molecule has 0 saturated heterocycles. The van der Waals surface area contributed by atoms with Gasteiger partial charge in [0.15, 0.2) is 0 Å². The minimum atomic E-state index is 0.415. The molecule has 0 bridgehead atoms. The van der Waals surface area contributed by atoms with Gasteiger partial charge in [0, 0.05) is 23.9 Å². The fourth-order valence-corrected chi connectivity index (χ4v) is 3.67. The molecule has 17 heavy (non-hydrogen) atoms. The molecule has 1 N–H and O–H groups in total. The van der Waals surface area contributed by atoms with E-state index >= 15 is 0 Å². The van der Waals surface area contributed by atoms with Gasteiger partial charge in [-0.2, -0.15) is 0 Å². The van der Waals surface area contributed by atoms with Crippen molar-refractivity contribution in [2.45, 2.75) is 45.1 Å². The van der Waals surface area contributed by atoms with E-state index in [-0.39, 0.29) is 0 Å². The van der Waals surface area contributed by atoms with Crippen LogP contribution in [-0.2, 0) is 11.2 Å². The summed E-state index contributed by atoms with van der Waals surface area (Å²) in [7, 11) is 1.76. The summed E-state index contributed by atoms with van der Waals surface area (Å²) in [5.74, 6) is 0.415. The second-order valence-electron chi connectivity index (χ2n) is 4.72. The number of nitrogens with one attached hydrogen (secondary N) is 1. The highest BCUT2D eigenvalue weighted by Crippen LogP contribution is 2.36. The minimum absolute atomic E-state index is 0.415. The lowest BCUT2D eigenvalue weighted by Gasteiger charge is -2.21. The maximum atomic E-state index is 5.22. The Hall–Kier alpha value is -0.450. The van der Waals surface area contributed by atoms with Crippen molar-refractivity contribution in [2.24, 2.45) is 0 Å². The predicted molar refractivity (Wildman–Crippen MR) is 71.8 cm³/mol. The second-order valence-corrected chi connectivity index (χ2v) is 5.78. The molecular formula is C13H22N2OS. The number of nitrogens with zero attached hydrogens (tertiary/aromatic N) is 1. The molecule has 0 amide bonds. The SMILES string of the molecule is CCNC1CCCc2nc(C(C)COC)sc21. The summed E-state index contributed by atoms with van der Waals surface area (Å²) in [5, 5.41) is 4.80. The first-order valence-electron chi connectivity index (χ1n) is 6.48. The zero-order chi connectivity index (χ0) is 12.3. The Morgan fingerprint density at radius 1 is 1.59 bits per heavy atom. The van der Waals surface area contributed by atoms with Crippen molar-refractivity contribution in [1.29, 1.82) is 0 Å². The van der Waals surface area contributed by atoms with Crippen LogP contribution in [0.2, 0.25) is 0 Å². The van der Waals surface area contributed by atoms with Gasteiger partial charge in [0.05, 0.1) is 17.3 Å². The van der Waals surface area contributed by atoms with Gasteiger partial charge in [-0.1, -0.05) is 13.8 Å². The largest absolute Gasteiger partial charge is 0.384 e. The molecule has 96 valence electrons. The van der Waals surface area contributed by atoms with E-state index in [9.17, 15) is 0 Å². The van der Waals surface area contributed by atoms with Crippen molar-refractivity contribution in [3.63, 3.8) is 0 Å². The monoisotopic (exact) mass is 254 g/mol. The average Bonchev–Trinajstić information content (AvgIpc) is 2.75. The zero-order valence-electron chi connectivity index (χ0n) is 11.0. The lowest BCUT2D eigenvalue weighted by atomic mass is 9.98. The topological polar surface area (TPSA) is 34.2 Å². The van der Waals surface area contributed by atoms with E-state index in [2.05, 4.69) is 19.2 Å². The molecule has 1 aliphatic carbocycles. The first kappa shape index (κ1) is 13.0. The van der Waals surface area contributed by atoms with Crippen molar-refractivity contribution < 1.29 is 4.74 Å². The molecule has 0 aliphatic heterocycles. The van der Waals surface area contributed by atoms with Crippen molar-refractivity contribution in [3.05, 3.63) is 15.6 Å². The highest BCUT2D eigenvalue weighted by atomic mass is 32.1. The molecule has 0 aromatic carbocycles. The average molecular weight is 254 g/mol. The fraction of sp³-hybridized carbons (Fsp3) is 0.769. The highest BCUT2D eigenvalue weighted by Gasteiger charge is 2.25. The molecule has 1 aromatic heterocycles. The van der Waals surface area contributed by atoms with Crippen LogP contribution < -0.4 is 5.32 Å². The predicted octanol–water partition coefficient (Wildman–Crippen LogP) is 2.88. The molecule has 1 heterocycles. The Labute approximate surface area is 108 Å². The molecule has 2 atom stereocenters. The van der Waals surface area contributed by atoms with E-state index in [1.807, 2.05) is 11.3 Å². The fourth-order valence-electron chi connectivity index (χ4n) is 2.41. The number of ether oxygens (including phenoxy) is 1. The Kier molecular flexibility index (Phi) is 4.54. The van der Waals surface area contributed by atoms with Gasteiger partial charge in [-0.05, 0) is 25.8 Å². The maximum Gasteiger partial charge on any atom is 0.0982 e. The summed E-state index contributed by atoms with van der Waals surface area (Å²) in [5.41, 5.74) is 1.32. The Morgan fingerprint density at radius 2 is 2.41 bits per heavy atom. The third kappa shape index (κ3) is 2.87. The quantitative estimate of drug-likeness (QED) is 0.877. The van der Waals surface area contributed by atoms with Crippen LogP contribution in [-0.4, -0.2) is 25.2 Å². The number of methoxy groups -OCH3 is 1. The molecule has 0 spiro atoms. The summed E-state index contributed by atoms with van der Waals surface area (Å²) >= 11 is 1.88. The summed E-state index contributed by atoms with van der Waals surface area (Å²) in [6.07, 6.45) is 3.65. The van der Waals surface area contributed by atoms with Gasteiger partial charge in [0.1, 0.15) is 0 Å². The molecule has 2 rings (SSSR count). The van der Waals surface area contributed by atoms with Crippen molar-refractivity contribution in [2.75, 3.05) is 20.3 Å². The van der Waals surface area contributed by atoms with E-state index in [4.69, 9.17) is 9.72 Å². The first-order valence-corrected chi connectivity index (χ1v) is 7.29. The van der Waals surface area contributed by atoms with Gasteiger partial charge in [-0.15, -0.1) is 11.3 Å². The molecule has 0 fully saturated rings. The number of hydrogen-bond acceptors (Lipinski definition) is 4. The second kappa shape index (κ2) is 5.94. The van der Waals surface area contributed by atoms with Gasteiger partial charge < -0.3 is 10.1 Å². The number of thiazole rings is 1. The van der Waals surface area contributed by atoms with E-state index < -0.39 is 0 Å². The maximum absolute atomic E-state index is 5.22. The third-order valence-corrected chi connectivity index (χ3v) is 4.70. The van der Waals surface area contributed by atoms with E-state index in [1.165, 1.54) is 28.4 Å². The van der Waals surface area contributed by atoms with E-state index in [1.54, 1.807) is 7.11 Å². The molecule has 4 heteroatoms. The first-order chi connectivity index (χ1) is 8.26. The summed E-state index contributed by atoms with van der Waals surface area (Å²) < 4.78 is 5.22. The molecule has 1 aromatic rings. The van der Waals surface area contributed by atoms with Gasteiger partial charge in [0.2, 0.25) is 0 Å². The normalized spacial score (nSPS) is 21.2. The molecule has 0 saturated carbocycles. The Bertz CT molecular complexity index is 364. The number of aromatic nitrogens is 1. The lowest BCUT2D eigenvalue weighted by molar-refractivity contribution is 0.184. The molecule has 2 unspecified atom stereocenters. The number of fused-ring (bicyclic) bond motifs is 1. The van der Waals surface area contributed by atoms with Crippen LogP contribution >= 0.6 is 11.3 Å². The van der Waals surface area contributed by atoms with E-state index in [0.29, 0.717) is 12.0 Å². The van der Waals surface area contributed by atoms with Crippen LogP contribution in [0.25, 0.3) is 0 Å². The number of rotatable bonds is 5. The molecule has 3 nitrogen and oxygen atoms in total. The Morgan fingerprint density at radius 3 is 3.12 bits per heavy atom. The number of aryl methyl sites for hydroxylation is 1. The van der Waals surface area contributed by atoms with Gasteiger partial charge in [-0.3, -0.25) is 0 Å². The van der Waals surface area contributed by atoms with Crippen molar-refractivity contribution in [1.82, 2.24) is 10.3 Å². The van der Waals surface area contributed by atoms with Gasteiger partial charge >= 0.3 is 0 Å². The highest BCUT2D eigenvalue weighted by molar-refractivity contribution is 7.12. The summed E-state index contributed by atoms with van der Waals surface area (Å²) in [4.78, 5) is 6.27.